The van der Waals surface area contributed by atoms with Crippen LogP contribution in [0.1, 0.15) is 39.5 Å². The van der Waals surface area contributed by atoms with Gasteiger partial charge in [0.1, 0.15) is 5.75 Å². The maximum absolute atomic E-state index is 6.18. The fourth-order valence-corrected chi connectivity index (χ4v) is 2.12. The van der Waals surface area contributed by atoms with Gasteiger partial charge in [0.05, 0.1) is 17.8 Å². The van der Waals surface area contributed by atoms with E-state index >= 15 is 0 Å². The lowest BCUT2D eigenvalue weighted by Gasteiger charge is -2.20. The lowest BCUT2D eigenvalue weighted by atomic mass is 10.1. The molecule has 0 unspecified atom stereocenters. The molecule has 2 nitrogen and oxygen atoms in total. The monoisotopic (exact) mass is 255 g/mol. The van der Waals surface area contributed by atoms with Crippen LogP contribution in [0.4, 0.5) is 5.69 Å². The summed E-state index contributed by atoms with van der Waals surface area (Å²) in [6.45, 7) is 4.41. The summed E-state index contributed by atoms with van der Waals surface area (Å²) < 4.78 is 5.21. The van der Waals surface area contributed by atoms with Crippen LogP contribution in [0.2, 0.25) is 5.02 Å². The van der Waals surface area contributed by atoms with Gasteiger partial charge in [-0.15, -0.1) is 0 Å². The van der Waals surface area contributed by atoms with E-state index in [-0.39, 0.29) is 0 Å². The van der Waals surface area contributed by atoms with Gasteiger partial charge >= 0.3 is 0 Å². The van der Waals surface area contributed by atoms with Crippen LogP contribution in [0.5, 0.6) is 5.75 Å². The molecule has 0 atom stereocenters. The quantitative estimate of drug-likeness (QED) is 0.761. The van der Waals surface area contributed by atoms with Gasteiger partial charge in [-0.3, -0.25) is 0 Å². The molecule has 3 heteroatoms. The highest BCUT2D eigenvalue weighted by Crippen LogP contribution is 2.28. The maximum Gasteiger partial charge on any atom is 0.121 e. The molecule has 96 valence electrons. The van der Waals surface area contributed by atoms with Gasteiger partial charge in [-0.05, 0) is 25.0 Å². The highest BCUT2D eigenvalue weighted by molar-refractivity contribution is 6.33. The van der Waals surface area contributed by atoms with Gasteiger partial charge in [-0.1, -0.05) is 38.3 Å². The highest BCUT2D eigenvalue weighted by atomic mass is 35.5. The van der Waals surface area contributed by atoms with E-state index in [1.807, 2.05) is 18.2 Å². The van der Waals surface area contributed by atoms with E-state index in [2.05, 4.69) is 19.2 Å². The van der Waals surface area contributed by atoms with Crippen molar-refractivity contribution in [1.82, 2.24) is 0 Å². The SMILES string of the molecule is CCCC(CCC)Nc1cc(OC)ccc1Cl. The summed E-state index contributed by atoms with van der Waals surface area (Å²) in [6.07, 6.45) is 4.70. The van der Waals surface area contributed by atoms with Crippen molar-refractivity contribution in [2.75, 3.05) is 12.4 Å². The molecule has 0 radical (unpaired) electrons. The molecule has 0 saturated carbocycles. The van der Waals surface area contributed by atoms with Crippen LogP contribution in [0.3, 0.4) is 0 Å². The Labute approximate surface area is 109 Å². The van der Waals surface area contributed by atoms with Crippen molar-refractivity contribution in [2.45, 2.75) is 45.6 Å². The van der Waals surface area contributed by atoms with Crippen LogP contribution in [-0.2, 0) is 0 Å². The molecule has 1 N–H and O–H groups in total. The predicted molar refractivity (Wildman–Crippen MR) is 75.2 cm³/mol. The van der Waals surface area contributed by atoms with Crippen molar-refractivity contribution >= 4 is 17.3 Å². The molecule has 0 aliphatic carbocycles. The molecule has 0 heterocycles. The largest absolute Gasteiger partial charge is 0.497 e. The Morgan fingerprint density at radius 3 is 2.41 bits per heavy atom. The molecule has 0 amide bonds. The van der Waals surface area contributed by atoms with E-state index in [1.54, 1.807) is 7.11 Å². The van der Waals surface area contributed by atoms with Crippen LogP contribution in [-0.4, -0.2) is 13.2 Å². The van der Waals surface area contributed by atoms with Crippen molar-refractivity contribution < 1.29 is 4.74 Å². The van der Waals surface area contributed by atoms with E-state index < -0.39 is 0 Å². The molecule has 0 spiro atoms. The van der Waals surface area contributed by atoms with Crippen molar-refractivity contribution in [3.05, 3.63) is 23.2 Å². The second kappa shape index (κ2) is 7.44. The molecular weight excluding hydrogens is 234 g/mol. The topological polar surface area (TPSA) is 21.3 Å². The number of ether oxygens (including phenoxy) is 1. The van der Waals surface area contributed by atoms with Crippen molar-refractivity contribution in [3.8, 4) is 5.75 Å². The molecule has 1 rings (SSSR count). The summed E-state index contributed by atoms with van der Waals surface area (Å²) in [6, 6.07) is 6.20. The molecule has 17 heavy (non-hydrogen) atoms. The average molecular weight is 256 g/mol. The third-order valence-corrected chi connectivity index (χ3v) is 3.14. The third-order valence-electron chi connectivity index (χ3n) is 2.81. The highest BCUT2D eigenvalue weighted by Gasteiger charge is 2.09. The summed E-state index contributed by atoms with van der Waals surface area (Å²) >= 11 is 6.18. The number of methoxy groups -OCH3 is 1. The normalized spacial score (nSPS) is 10.6. The number of hydrogen-bond acceptors (Lipinski definition) is 2. The Morgan fingerprint density at radius 2 is 1.88 bits per heavy atom. The first-order valence-electron chi connectivity index (χ1n) is 6.31. The van der Waals surface area contributed by atoms with Gasteiger partial charge < -0.3 is 10.1 Å². The molecule has 0 fully saturated rings. The van der Waals surface area contributed by atoms with Gasteiger partial charge in [0.2, 0.25) is 0 Å². The van der Waals surface area contributed by atoms with E-state index in [0.29, 0.717) is 6.04 Å². The van der Waals surface area contributed by atoms with Crippen LogP contribution < -0.4 is 10.1 Å². The van der Waals surface area contributed by atoms with Gasteiger partial charge in [-0.25, -0.2) is 0 Å². The Hall–Kier alpha value is -0.890. The number of hydrogen-bond donors (Lipinski definition) is 1. The minimum absolute atomic E-state index is 0.495. The smallest absolute Gasteiger partial charge is 0.121 e. The Bertz CT molecular complexity index is 335. The first kappa shape index (κ1) is 14.2. The van der Waals surface area contributed by atoms with Crippen molar-refractivity contribution in [3.63, 3.8) is 0 Å². The Kier molecular flexibility index (Phi) is 6.20. The summed E-state index contributed by atoms with van der Waals surface area (Å²) in [5, 5.41) is 4.26. The van der Waals surface area contributed by atoms with E-state index in [1.165, 1.54) is 25.7 Å². The predicted octanol–water partition coefficient (Wildman–Crippen LogP) is 4.73. The van der Waals surface area contributed by atoms with Gasteiger partial charge in [0.15, 0.2) is 0 Å². The van der Waals surface area contributed by atoms with Gasteiger partial charge in [-0.2, -0.15) is 0 Å². The average Bonchev–Trinajstić information content (AvgIpc) is 2.32. The van der Waals surface area contributed by atoms with Crippen LogP contribution >= 0.6 is 11.6 Å². The zero-order valence-corrected chi connectivity index (χ0v) is 11.7. The number of benzene rings is 1. The summed E-state index contributed by atoms with van der Waals surface area (Å²) in [5.74, 6) is 0.837. The van der Waals surface area contributed by atoms with Gasteiger partial charge in [0.25, 0.3) is 0 Å². The molecule has 1 aromatic rings. The fraction of sp³-hybridized carbons (Fsp3) is 0.571. The van der Waals surface area contributed by atoms with Gasteiger partial charge in [0, 0.05) is 12.1 Å². The standard InChI is InChI=1S/C14H22ClNO/c1-4-6-11(7-5-2)16-14-10-12(17-3)8-9-13(14)15/h8-11,16H,4-7H2,1-3H3. The summed E-state index contributed by atoms with van der Waals surface area (Å²) in [4.78, 5) is 0. The Balaban J connectivity index is 2.76. The summed E-state index contributed by atoms with van der Waals surface area (Å²) in [7, 11) is 1.67. The zero-order valence-electron chi connectivity index (χ0n) is 10.9. The zero-order chi connectivity index (χ0) is 12.7. The van der Waals surface area contributed by atoms with E-state index in [4.69, 9.17) is 16.3 Å². The maximum atomic E-state index is 6.18. The number of nitrogens with one attached hydrogen (secondary N) is 1. The molecule has 0 bridgehead atoms. The lowest BCUT2D eigenvalue weighted by molar-refractivity contribution is 0.415. The summed E-state index contributed by atoms with van der Waals surface area (Å²) in [5.41, 5.74) is 0.970. The molecule has 0 aliphatic heterocycles. The lowest BCUT2D eigenvalue weighted by Crippen LogP contribution is -2.19. The van der Waals surface area contributed by atoms with Crippen LogP contribution in [0, 0.1) is 0 Å². The van der Waals surface area contributed by atoms with Crippen molar-refractivity contribution in [1.29, 1.82) is 0 Å². The van der Waals surface area contributed by atoms with Crippen LogP contribution in [0.15, 0.2) is 18.2 Å². The molecule has 1 aromatic carbocycles. The minimum atomic E-state index is 0.495. The first-order valence-corrected chi connectivity index (χ1v) is 6.69. The first-order chi connectivity index (χ1) is 8.21. The number of anilines is 1. The van der Waals surface area contributed by atoms with E-state index in [9.17, 15) is 0 Å². The second-order valence-corrected chi connectivity index (χ2v) is 4.67. The van der Waals surface area contributed by atoms with E-state index in [0.717, 1.165) is 16.5 Å². The second-order valence-electron chi connectivity index (χ2n) is 4.26. The molecule has 0 aliphatic rings. The number of rotatable bonds is 7. The molecule has 0 saturated heterocycles. The molecular formula is C14H22ClNO. The minimum Gasteiger partial charge on any atom is -0.497 e. The number of halogens is 1. The van der Waals surface area contributed by atoms with Crippen molar-refractivity contribution in [2.24, 2.45) is 0 Å². The fourth-order valence-electron chi connectivity index (χ4n) is 1.95. The van der Waals surface area contributed by atoms with Crippen LogP contribution in [0.25, 0.3) is 0 Å². The third kappa shape index (κ3) is 4.47. The molecule has 0 aromatic heterocycles. The Morgan fingerprint density at radius 1 is 1.24 bits per heavy atom.